The third-order valence-electron chi connectivity index (χ3n) is 3.18. The summed E-state index contributed by atoms with van der Waals surface area (Å²) in [6.45, 7) is 3.41. The van der Waals surface area contributed by atoms with Gasteiger partial charge in [-0.05, 0) is 42.8 Å². The van der Waals surface area contributed by atoms with Gasteiger partial charge in [0, 0.05) is 18.4 Å². The number of aliphatic hydroxyl groups excluding tert-OH is 1. The molecule has 1 rings (SSSR count). The SMILES string of the molecule is CCCNC(CSCCCO)c1ccc(OC)c(OC)c1. The molecule has 1 atom stereocenters. The van der Waals surface area contributed by atoms with E-state index in [9.17, 15) is 0 Å². The lowest BCUT2D eigenvalue weighted by molar-refractivity contribution is 0.296. The van der Waals surface area contributed by atoms with E-state index in [1.165, 1.54) is 5.56 Å². The summed E-state index contributed by atoms with van der Waals surface area (Å²) in [5, 5.41) is 12.4. The van der Waals surface area contributed by atoms with Crippen molar-refractivity contribution in [3.05, 3.63) is 23.8 Å². The average molecular weight is 313 g/mol. The second kappa shape index (κ2) is 10.8. The van der Waals surface area contributed by atoms with E-state index in [4.69, 9.17) is 14.6 Å². The van der Waals surface area contributed by atoms with Crippen LogP contribution in [0.2, 0.25) is 0 Å². The molecule has 21 heavy (non-hydrogen) atoms. The van der Waals surface area contributed by atoms with Crippen molar-refractivity contribution in [2.24, 2.45) is 0 Å². The lowest BCUT2D eigenvalue weighted by Crippen LogP contribution is -2.24. The van der Waals surface area contributed by atoms with Crippen LogP contribution in [0.1, 0.15) is 31.4 Å². The number of hydrogen-bond acceptors (Lipinski definition) is 5. The van der Waals surface area contributed by atoms with E-state index in [2.05, 4.69) is 18.3 Å². The van der Waals surface area contributed by atoms with Crippen LogP contribution >= 0.6 is 11.8 Å². The van der Waals surface area contributed by atoms with Gasteiger partial charge in [-0.1, -0.05) is 13.0 Å². The predicted molar refractivity (Wildman–Crippen MR) is 89.6 cm³/mol. The average Bonchev–Trinajstić information content (AvgIpc) is 2.53. The second-order valence-corrected chi connectivity index (χ2v) is 5.92. The molecular weight excluding hydrogens is 286 g/mol. The van der Waals surface area contributed by atoms with Crippen LogP contribution in [-0.2, 0) is 0 Å². The largest absolute Gasteiger partial charge is 0.493 e. The normalized spacial score (nSPS) is 12.2. The van der Waals surface area contributed by atoms with Gasteiger partial charge in [0.25, 0.3) is 0 Å². The van der Waals surface area contributed by atoms with Crippen LogP contribution in [0.15, 0.2) is 18.2 Å². The highest BCUT2D eigenvalue weighted by atomic mass is 32.2. The maximum absolute atomic E-state index is 8.86. The Kier molecular flexibility index (Phi) is 9.30. The molecule has 2 N–H and O–H groups in total. The first kappa shape index (κ1) is 18.1. The van der Waals surface area contributed by atoms with Gasteiger partial charge in [0.05, 0.1) is 14.2 Å². The van der Waals surface area contributed by atoms with Gasteiger partial charge in [-0.3, -0.25) is 0 Å². The molecule has 120 valence electrons. The third kappa shape index (κ3) is 6.16. The number of rotatable bonds is 11. The number of nitrogens with one attached hydrogen (secondary N) is 1. The highest BCUT2D eigenvalue weighted by Gasteiger charge is 2.13. The van der Waals surface area contributed by atoms with Crippen LogP contribution in [0.5, 0.6) is 11.5 Å². The number of ether oxygens (including phenoxy) is 2. The summed E-state index contributed by atoms with van der Waals surface area (Å²) in [5.74, 6) is 3.48. The quantitative estimate of drug-likeness (QED) is 0.615. The maximum atomic E-state index is 8.86. The van der Waals surface area contributed by atoms with Crippen molar-refractivity contribution < 1.29 is 14.6 Å². The number of thioether (sulfide) groups is 1. The molecule has 0 bridgehead atoms. The number of benzene rings is 1. The fourth-order valence-electron chi connectivity index (χ4n) is 2.03. The minimum atomic E-state index is 0.260. The van der Waals surface area contributed by atoms with E-state index in [0.717, 1.165) is 42.4 Å². The number of aliphatic hydroxyl groups is 1. The monoisotopic (exact) mass is 313 g/mol. The highest BCUT2D eigenvalue weighted by Crippen LogP contribution is 2.31. The number of hydrogen-bond donors (Lipinski definition) is 2. The topological polar surface area (TPSA) is 50.7 Å². The molecule has 4 nitrogen and oxygen atoms in total. The summed E-state index contributed by atoms with van der Waals surface area (Å²) in [4.78, 5) is 0. The summed E-state index contributed by atoms with van der Waals surface area (Å²) < 4.78 is 10.7. The minimum absolute atomic E-state index is 0.260. The Balaban J connectivity index is 2.76. The zero-order chi connectivity index (χ0) is 15.5. The van der Waals surface area contributed by atoms with Crippen molar-refractivity contribution in [2.45, 2.75) is 25.8 Å². The molecule has 0 saturated heterocycles. The van der Waals surface area contributed by atoms with Gasteiger partial charge in [-0.15, -0.1) is 0 Å². The fourth-order valence-corrected chi connectivity index (χ4v) is 3.07. The van der Waals surface area contributed by atoms with Crippen LogP contribution in [0.25, 0.3) is 0 Å². The van der Waals surface area contributed by atoms with Crippen molar-refractivity contribution in [1.82, 2.24) is 5.32 Å². The van der Waals surface area contributed by atoms with E-state index in [0.29, 0.717) is 0 Å². The molecule has 1 unspecified atom stereocenters. The van der Waals surface area contributed by atoms with Gasteiger partial charge < -0.3 is 19.9 Å². The van der Waals surface area contributed by atoms with Gasteiger partial charge in [0.1, 0.15) is 0 Å². The van der Waals surface area contributed by atoms with E-state index in [1.54, 1.807) is 14.2 Å². The first-order chi connectivity index (χ1) is 10.3. The standard InChI is InChI=1S/C16H27NO3S/c1-4-8-17-14(12-21-10-5-9-18)13-6-7-15(19-2)16(11-13)20-3/h6-7,11,14,17-18H,4-5,8-10,12H2,1-3H3. The van der Waals surface area contributed by atoms with E-state index >= 15 is 0 Å². The Morgan fingerprint density at radius 1 is 1.24 bits per heavy atom. The molecule has 0 heterocycles. The molecule has 1 aromatic carbocycles. The van der Waals surface area contributed by atoms with Crippen LogP contribution in [-0.4, -0.2) is 44.0 Å². The molecule has 0 radical (unpaired) electrons. The lowest BCUT2D eigenvalue weighted by atomic mass is 10.1. The summed E-state index contributed by atoms with van der Waals surface area (Å²) in [6.07, 6.45) is 1.95. The smallest absolute Gasteiger partial charge is 0.161 e. The second-order valence-electron chi connectivity index (χ2n) is 4.77. The first-order valence-corrected chi connectivity index (χ1v) is 8.56. The molecule has 0 aliphatic heterocycles. The van der Waals surface area contributed by atoms with Crippen molar-refractivity contribution in [1.29, 1.82) is 0 Å². The van der Waals surface area contributed by atoms with E-state index in [-0.39, 0.29) is 12.6 Å². The lowest BCUT2D eigenvalue weighted by Gasteiger charge is -2.20. The molecule has 0 aliphatic carbocycles. The Morgan fingerprint density at radius 3 is 2.62 bits per heavy atom. The third-order valence-corrected chi connectivity index (χ3v) is 4.33. The summed E-state index contributed by atoms with van der Waals surface area (Å²) in [7, 11) is 3.31. The maximum Gasteiger partial charge on any atom is 0.161 e. The predicted octanol–water partition coefficient (Wildman–Crippen LogP) is 2.86. The van der Waals surface area contributed by atoms with Crippen molar-refractivity contribution in [2.75, 3.05) is 38.9 Å². The Hall–Kier alpha value is -0.910. The van der Waals surface area contributed by atoms with Gasteiger partial charge in [-0.25, -0.2) is 0 Å². The Labute approximate surface area is 132 Å². The molecular formula is C16H27NO3S. The summed E-state index contributed by atoms with van der Waals surface area (Å²) in [6, 6.07) is 6.36. The molecule has 0 saturated carbocycles. The van der Waals surface area contributed by atoms with Crippen LogP contribution in [0.4, 0.5) is 0 Å². The highest BCUT2D eigenvalue weighted by molar-refractivity contribution is 7.99. The molecule has 0 aliphatic rings. The van der Waals surface area contributed by atoms with Gasteiger partial charge in [-0.2, -0.15) is 11.8 Å². The first-order valence-electron chi connectivity index (χ1n) is 7.40. The molecule has 0 spiro atoms. The van der Waals surface area contributed by atoms with Gasteiger partial charge in [0.15, 0.2) is 11.5 Å². The Morgan fingerprint density at radius 2 is 2.00 bits per heavy atom. The minimum Gasteiger partial charge on any atom is -0.493 e. The summed E-state index contributed by atoms with van der Waals surface area (Å²) in [5.41, 5.74) is 1.21. The van der Waals surface area contributed by atoms with Crippen molar-refractivity contribution in [3.63, 3.8) is 0 Å². The van der Waals surface area contributed by atoms with Crippen LogP contribution in [0, 0.1) is 0 Å². The molecule has 0 aromatic heterocycles. The van der Waals surface area contributed by atoms with Crippen LogP contribution < -0.4 is 14.8 Å². The van der Waals surface area contributed by atoms with E-state index < -0.39 is 0 Å². The van der Waals surface area contributed by atoms with Gasteiger partial charge in [0.2, 0.25) is 0 Å². The van der Waals surface area contributed by atoms with Crippen molar-refractivity contribution >= 4 is 11.8 Å². The van der Waals surface area contributed by atoms with Gasteiger partial charge >= 0.3 is 0 Å². The molecule has 0 amide bonds. The molecule has 0 fully saturated rings. The summed E-state index contributed by atoms with van der Waals surface area (Å²) >= 11 is 1.86. The zero-order valence-electron chi connectivity index (χ0n) is 13.2. The fraction of sp³-hybridized carbons (Fsp3) is 0.625. The van der Waals surface area contributed by atoms with Crippen molar-refractivity contribution in [3.8, 4) is 11.5 Å². The zero-order valence-corrected chi connectivity index (χ0v) is 14.0. The van der Waals surface area contributed by atoms with Crippen LogP contribution in [0.3, 0.4) is 0 Å². The number of methoxy groups -OCH3 is 2. The van der Waals surface area contributed by atoms with E-state index in [1.807, 2.05) is 23.9 Å². The Bertz CT molecular complexity index is 401. The molecule has 5 heteroatoms. The molecule has 1 aromatic rings.